The van der Waals surface area contributed by atoms with Gasteiger partial charge >= 0.3 is 5.97 Å². The van der Waals surface area contributed by atoms with E-state index in [1.165, 1.54) is 21.8 Å². The Morgan fingerprint density at radius 3 is 2.86 bits per heavy atom. The maximum absolute atomic E-state index is 12.4. The summed E-state index contributed by atoms with van der Waals surface area (Å²) in [7, 11) is 0. The number of hydrogen-bond acceptors (Lipinski definition) is 3. The molecule has 1 aliphatic carbocycles. The summed E-state index contributed by atoms with van der Waals surface area (Å²) < 4.78 is 0. The van der Waals surface area contributed by atoms with Crippen LogP contribution < -0.4 is 5.32 Å². The van der Waals surface area contributed by atoms with Crippen LogP contribution in [0.1, 0.15) is 59.6 Å². The van der Waals surface area contributed by atoms with Gasteiger partial charge in [0.25, 0.3) is 5.91 Å². The van der Waals surface area contributed by atoms with Gasteiger partial charge in [-0.05, 0) is 44.7 Å². The van der Waals surface area contributed by atoms with Crippen molar-refractivity contribution in [3.05, 3.63) is 21.4 Å². The van der Waals surface area contributed by atoms with E-state index < -0.39 is 11.4 Å². The Morgan fingerprint density at radius 2 is 2.24 bits per heavy atom. The summed E-state index contributed by atoms with van der Waals surface area (Å²) in [5.41, 5.74) is 0.383. The van der Waals surface area contributed by atoms with E-state index in [2.05, 4.69) is 12.2 Å². The zero-order valence-electron chi connectivity index (χ0n) is 12.9. The quantitative estimate of drug-likeness (QED) is 0.876. The Morgan fingerprint density at radius 1 is 1.52 bits per heavy atom. The van der Waals surface area contributed by atoms with E-state index in [4.69, 9.17) is 0 Å². The lowest BCUT2D eigenvalue weighted by Crippen LogP contribution is -2.46. The third kappa shape index (κ3) is 3.12. The molecule has 4 nitrogen and oxygen atoms in total. The molecule has 0 spiro atoms. The van der Waals surface area contributed by atoms with Crippen molar-refractivity contribution in [1.29, 1.82) is 0 Å². The molecule has 5 heteroatoms. The number of hydrogen-bond donors (Lipinski definition) is 2. The molecule has 1 fully saturated rings. The monoisotopic (exact) mass is 309 g/mol. The molecule has 2 atom stereocenters. The van der Waals surface area contributed by atoms with E-state index in [9.17, 15) is 14.7 Å². The van der Waals surface area contributed by atoms with E-state index >= 15 is 0 Å². The van der Waals surface area contributed by atoms with Crippen molar-refractivity contribution in [2.75, 3.05) is 0 Å². The molecule has 1 aromatic rings. The molecule has 1 heterocycles. The fraction of sp³-hybridized carbons (Fsp3) is 0.625. The standard InChI is InChI=1S/C16H23NO3S/c1-4-6-11-9-12(21-10(11)2)14(18)17-13-7-5-8-16(13,3)15(19)20/h9,13H,4-8H2,1-3H3,(H,17,18)(H,19,20). The van der Waals surface area contributed by atoms with E-state index in [0.29, 0.717) is 11.3 Å². The Kier molecular flexibility index (Phi) is 4.71. The summed E-state index contributed by atoms with van der Waals surface area (Å²) in [4.78, 5) is 25.7. The Balaban J connectivity index is 2.11. The van der Waals surface area contributed by atoms with Crippen LogP contribution >= 0.6 is 11.3 Å². The van der Waals surface area contributed by atoms with Gasteiger partial charge in [-0.15, -0.1) is 11.3 Å². The highest BCUT2D eigenvalue weighted by molar-refractivity contribution is 7.14. The average molecular weight is 309 g/mol. The molecule has 2 rings (SSSR count). The first-order valence-corrected chi connectivity index (χ1v) is 8.33. The number of aryl methyl sites for hydroxylation is 2. The molecule has 0 bridgehead atoms. The molecule has 0 aromatic carbocycles. The van der Waals surface area contributed by atoms with Crippen LogP contribution in [0.3, 0.4) is 0 Å². The Hall–Kier alpha value is -1.36. The fourth-order valence-electron chi connectivity index (χ4n) is 3.03. The molecule has 2 N–H and O–H groups in total. The molecule has 1 amide bonds. The number of carboxylic acids is 1. The predicted molar refractivity (Wildman–Crippen MR) is 83.9 cm³/mol. The van der Waals surface area contributed by atoms with E-state index in [-0.39, 0.29) is 11.9 Å². The average Bonchev–Trinajstić information content (AvgIpc) is 2.96. The van der Waals surface area contributed by atoms with E-state index in [1.807, 2.05) is 13.0 Å². The fourth-order valence-corrected chi connectivity index (χ4v) is 4.01. The van der Waals surface area contributed by atoms with Crippen LogP contribution in [0.5, 0.6) is 0 Å². The van der Waals surface area contributed by atoms with Crippen molar-refractivity contribution in [3.8, 4) is 0 Å². The summed E-state index contributed by atoms with van der Waals surface area (Å²) in [6, 6.07) is 1.67. The summed E-state index contributed by atoms with van der Waals surface area (Å²) in [5, 5.41) is 12.3. The van der Waals surface area contributed by atoms with Crippen molar-refractivity contribution in [2.45, 2.75) is 58.9 Å². The minimum absolute atomic E-state index is 0.134. The van der Waals surface area contributed by atoms with Crippen LogP contribution in [-0.4, -0.2) is 23.0 Å². The van der Waals surface area contributed by atoms with Crippen molar-refractivity contribution in [1.82, 2.24) is 5.32 Å². The number of carbonyl (C=O) groups excluding carboxylic acids is 1. The van der Waals surface area contributed by atoms with Crippen LogP contribution in [0.25, 0.3) is 0 Å². The van der Waals surface area contributed by atoms with Gasteiger partial charge in [-0.1, -0.05) is 19.8 Å². The van der Waals surface area contributed by atoms with E-state index in [1.54, 1.807) is 6.92 Å². The SMILES string of the molecule is CCCc1cc(C(=O)NC2CCCC2(C)C(=O)O)sc1C. The Bertz CT molecular complexity index is 552. The summed E-state index contributed by atoms with van der Waals surface area (Å²) in [6.07, 6.45) is 4.24. The van der Waals surface area contributed by atoms with Gasteiger partial charge in [-0.25, -0.2) is 0 Å². The lowest BCUT2D eigenvalue weighted by atomic mass is 9.85. The van der Waals surface area contributed by atoms with Gasteiger partial charge in [0.05, 0.1) is 10.3 Å². The van der Waals surface area contributed by atoms with Crippen LogP contribution in [0.4, 0.5) is 0 Å². The molecule has 1 saturated carbocycles. The van der Waals surface area contributed by atoms with Crippen molar-refractivity contribution < 1.29 is 14.7 Å². The first kappa shape index (κ1) is 16.0. The second-order valence-corrected chi connectivity index (χ2v) is 7.34. The van der Waals surface area contributed by atoms with Crippen LogP contribution in [0.15, 0.2) is 6.07 Å². The van der Waals surface area contributed by atoms with Crippen LogP contribution in [-0.2, 0) is 11.2 Å². The van der Waals surface area contributed by atoms with Gasteiger partial charge in [0.2, 0.25) is 0 Å². The lowest BCUT2D eigenvalue weighted by molar-refractivity contribution is -0.148. The zero-order valence-corrected chi connectivity index (χ0v) is 13.7. The second-order valence-electron chi connectivity index (χ2n) is 6.08. The number of aliphatic carboxylic acids is 1. The van der Waals surface area contributed by atoms with Gasteiger partial charge in [0.1, 0.15) is 0 Å². The van der Waals surface area contributed by atoms with Gasteiger partial charge < -0.3 is 10.4 Å². The summed E-state index contributed by atoms with van der Waals surface area (Å²) in [5.74, 6) is -0.954. The van der Waals surface area contributed by atoms with Crippen molar-refractivity contribution in [2.24, 2.45) is 5.41 Å². The molecule has 0 radical (unpaired) electrons. The minimum atomic E-state index is -0.839. The molecular weight excluding hydrogens is 286 g/mol. The summed E-state index contributed by atoms with van der Waals surface area (Å²) in [6.45, 7) is 5.88. The summed E-state index contributed by atoms with van der Waals surface area (Å²) >= 11 is 1.49. The molecule has 1 aromatic heterocycles. The molecule has 116 valence electrons. The molecule has 0 aliphatic heterocycles. The van der Waals surface area contributed by atoms with Crippen molar-refractivity contribution >= 4 is 23.2 Å². The maximum atomic E-state index is 12.4. The number of nitrogens with one attached hydrogen (secondary N) is 1. The van der Waals surface area contributed by atoms with Crippen LogP contribution in [0, 0.1) is 12.3 Å². The molecule has 0 saturated heterocycles. The largest absolute Gasteiger partial charge is 0.481 e. The number of thiophene rings is 1. The number of carbonyl (C=O) groups is 2. The number of carboxylic acid groups (broad SMARTS) is 1. The smallest absolute Gasteiger partial charge is 0.311 e. The first-order chi connectivity index (χ1) is 9.88. The highest BCUT2D eigenvalue weighted by atomic mass is 32.1. The molecule has 1 aliphatic rings. The van der Waals surface area contributed by atoms with Gasteiger partial charge in [0.15, 0.2) is 0 Å². The number of rotatable bonds is 5. The zero-order chi connectivity index (χ0) is 15.6. The lowest BCUT2D eigenvalue weighted by Gasteiger charge is -2.27. The second kappa shape index (κ2) is 6.18. The van der Waals surface area contributed by atoms with E-state index in [0.717, 1.165) is 25.7 Å². The number of amides is 1. The molecule has 2 unspecified atom stereocenters. The highest BCUT2D eigenvalue weighted by Crippen LogP contribution is 2.38. The third-order valence-corrected chi connectivity index (χ3v) is 5.61. The van der Waals surface area contributed by atoms with Gasteiger partial charge in [-0.3, -0.25) is 9.59 Å². The maximum Gasteiger partial charge on any atom is 0.311 e. The van der Waals surface area contributed by atoms with Crippen LogP contribution in [0.2, 0.25) is 0 Å². The predicted octanol–water partition coefficient (Wildman–Crippen LogP) is 3.38. The van der Waals surface area contributed by atoms with Gasteiger partial charge in [0, 0.05) is 10.9 Å². The topological polar surface area (TPSA) is 66.4 Å². The van der Waals surface area contributed by atoms with Crippen molar-refractivity contribution in [3.63, 3.8) is 0 Å². The minimum Gasteiger partial charge on any atom is -0.481 e. The Labute approximate surface area is 129 Å². The van der Waals surface area contributed by atoms with Gasteiger partial charge in [-0.2, -0.15) is 0 Å². The first-order valence-electron chi connectivity index (χ1n) is 7.52. The normalized spacial score (nSPS) is 25.0. The third-order valence-electron chi connectivity index (χ3n) is 4.52. The highest BCUT2D eigenvalue weighted by Gasteiger charge is 2.46. The molecule has 21 heavy (non-hydrogen) atoms. The molecular formula is C16H23NO3S.